The molecule has 2 amide bonds. The first kappa shape index (κ1) is 17.6. The van der Waals surface area contributed by atoms with Gasteiger partial charge in [0.2, 0.25) is 5.88 Å². The Labute approximate surface area is 149 Å². The molecule has 0 saturated heterocycles. The summed E-state index contributed by atoms with van der Waals surface area (Å²) in [5.41, 5.74) is 1.43. The highest BCUT2D eigenvalue weighted by molar-refractivity contribution is 5.92. The summed E-state index contributed by atoms with van der Waals surface area (Å²) < 4.78 is 5.29. The number of benzene rings is 1. The Hall–Kier alpha value is -3.17. The number of carbonyl (C=O) groups is 1. The number of aliphatic hydroxyl groups excluding tert-OH is 2. The SMILES string of the molecule is O=C(Nc1cc2[nH]nc(OCCO)c2cn1)NC(CO)c1ccccc1. The highest BCUT2D eigenvalue weighted by atomic mass is 16.5. The molecule has 136 valence electrons. The molecule has 3 aromatic rings. The van der Waals surface area contributed by atoms with Crippen molar-refractivity contribution in [3.8, 4) is 5.88 Å². The highest BCUT2D eigenvalue weighted by Gasteiger charge is 2.14. The Kier molecular flexibility index (Phi) is 5.62. The predicted octanol–water partition coefficient (Wildman–Crippen LogP) is 1.18. The highest BCUT2D eigenvalue weighted by Crippen LogP contribution is 2.23. The van der Waals surface area contributed by atoms with E-state index in [4.69, 9.17) is 9.84 Å². The van der Waals surface area contributed by atoms with Crippen LogP contribution in [0.1, 0.15) is 11.6 Å². The lowest BCUT2D eigenvalue weighted by Gasteiger charge is -2.17. The number of rotatable bonds is 7. The molecule has 1 atom stereocenters. The van der Waals surface area contributed by atoms with Crippen molar-refractivity contribution in [2.24, 2.45) is 0 Å². The minimum atomic E-state index is -0.523. The number of aromatic amines is 1. The van der Waals surface area contributed by atoms with Crippen LogP contribution in [0.4, 0.5) is 10.6 Å². The maximum absolute atomic E-state index is 12.2. The summed E-state index contributed by atoms with van der Waals surface area (Å²) >= 11 is 0. The zero-order valence-electron chi connectivity index (χ0n) is 13.8. The fourth-order valence-corrected chi connectivity index (χ4v) is 2.44. The fraction of sp³-hybridized carbons (Fsp3) is 0.235. The molecule has 9 nitrogen and oxygen atoms in total. The van der Waals surface area contributed by atoms with Crippen LogP contribution < -0.4 is 15.4 Å². The molecule has 26 heavy (non-hydrogen) atoms. The van der Waals surface area contributed by atoms with Crippen molar-refractivity contribution in [2.45, 2.75) is 6.04 Å². The predicted molar refractivity (Wildman–Crippen MR) is 94.9 cm³/mol. The first-order chi connectivity index (χ1) is 12.7. The second kappa shape index (κ2) is 8.28. The van der Waals surface area contributed by atoms with Gasteiger partial charge in [0.05, 0.1) is 30.2 Å². The Morgan fingerprint density at radius 1 is 1.27 bits per heavy atom. The van der Waals surface area contributed by atoms with Crippen molar-refractivity contribution in [1.29, 1.82) is 0 Å². The molecule has 0 spiro atoms. The quantitative estimate of drug-likeness (QED) is 0.431. The third-order valence-electron chi connectivity index (χ3n) is 3.67. The van der Waals surface area contributed by atoms with Crippen LogP contribution in [0.25, 0.3) is 10.9 Å². The third-order valence-corrected chi connectivity index (χ3v) is 3.67. The molecule has 0 fully saturated rings. The number of H-pyrrole nitrogens is 1. The van der Waals surface area contributed by atoms with Crippen LogP contribution in [0.5, 0.6) is 5.88 Å². The minimum Gasteiger partial charge on any atom is -0.474 e. The Bertz CT molecular complexity index is 868. The third kappa shape index (κ3) is 4.08. The van der Waals surface area contributed by atoms with Crippen LogP contribution in [0.3, 0.4) is 0 Å². The van der Waals surface area contributed by atoms with Crippen molar-refractivity contribution < 1.29 is 19.7 Å². The molecule has 0 bridgehead atoms. The van der Waals surface area contributed by atoms with Gasteiger partial charge in [0.25, 0.3) is 0 Å². The number of aromatic nitrogens is 3. The fourth-order valence-electron chi connectivity index (χ4n) is 2.44. The van der Waals surface area contributed by atoms with E-state index in [1.807, 2.05) is 30.3 Å². The van der Waals surface area contributed by atoms with E-state index in [1.165, 1.54) is 6.20 Å². The molecule has 0 radical (unpaired) electrons. The number of urea groups is 1. The Balaban J connectivity index is 1.67. The van der Waals surface area contributed by atoms with Gasteiger partial charge < -0.3 is 20.3 Å². The lowest BCUT2D eigenvalue weighted by atomic mass is 10.1. The van der Waals surface area contributed by atoms with E-state index >= 15 is 0 Å². The number of fused-ring (bicyclic) bond motifs is 1. The molecule has 3 rings (SSSR count). The number of pyridine rings is 1. The van der Waals surface area contributed by atoms with Crippen LogP contribution in [-0.2, 0) is 0 Å². The summed E-state index contributed by atoms with van der Waals surface area (Å²) in [4.78, 5) is 16.3. The summed E-state index contributed by atoms with van der Waals surface area (Å²) in [7, 11) is 0. The smallest absolute Gasteiger partial charge is 0.320 e. The van der Waals surface area contributed by atoms with E-state index in [0.717, 1.165) is 5.56 Å². The lowest BCUT2D eigenvalue weighted by molar-refractivity contribution is 0.198. The van der Waals surface area contributed by atoms with Gasteiger partial charge in [0, 0.05) is 12.3 Å². The molecule has 2 heterocycles. The van der Waals surface area contributed by atoms with Gasteiger partial charge in [-0.2, -0.15) is 0 Å². The normalized spacial score (nSPS) is 11.9. The number of nitrogens with one attached hydrogen (secondary N) is 3. The van der Waals surface area contributed by atoms with Crippen LogP contribution in [-0.4, -0.2) is 51.2 Å². The maximum Gasteiger partial charge on any atom is 0.320 e. The van der Waals surface area contributed by atoms with Crippen LogP contribution in [0, 0.1) is 0 Å². The summed E-state index contributed by atoms with van der Waals surface area (Å²) in [6, 6.07) is 9.78. The van der Waals surface area contributed by atoms with E-state index in [0.29, 0.717) is 22.6 Å². The zero-order chi connectivity index (χ0) is 18.4. The first-order valence-electron chi connectivity index (χ1n) is 8.02. The van der Waals surface area contributed by atoms with Crippen molar-refractivity contribution in [1.82, 2.24) is 20.5 Å². The van der Waals surface area contributed by atoms with Crippen LogP contribution in [0.2, 0.25) is 0 Å². The summed E-state index contributed by atoms with van der Waals surface area (Å²) in [5.74, 6) is 0.652. The number of aliphatic hydroxyl groups is 2. The van der Waals surface area contributed by atoms with E-state index in [2.05, 4.69) is 25.8 Å². The summed E-state index contributed by atoms with van der Waals surface area (Å²) in [6.45, 7) is -0.213. The number of hydrogen-bond acceptors (Lipinski definition) is 6. The molecule has 2 aromatic heterocycles. The molecule has 0 aliphatic carbocycles. The topological polar surface area (TPSA) is 132 Å². The van der Waals surface area contributed by atoms with Gasteiger partial charge in [0.15, 0.2) is 0 Å². The molecule has 0 aliphatic rings. The minimum absolute atomic E-state index is 0.116. The Morgan fingerprint density at radius 3 is 2.81 bits per heavy atom. The molecule has 5 N–H and O–H groups in total. The van der Waals surface area contributed by atoms with Crippen molar-refractivity contribution in [3.63, 3.8) is 0 Å². The lowest BCUT2D eigenvalue weighted by Crippen LogP contribution is -2.34. The molecule has 0 saturated carbocycles. The van der Waals surface area contributed by atoms with Gasteiger partial charge in [0.1, 0.15) is 12.4 Å². The van der Waals surface area contributed by atoms with Gasteiger partial charge in [-0.25, -0.2) is 9.78 Å². The van der Waals surface area contributed by atoms with E-state index in [-0.39, 0.29) is 19.8 Å². The van der Waals surface area contributed by atoms with Crippen molar-refractivity contribution >= 4 is 22.8 Å². The molecule has 1 aromatic carbocycles. The number of hydrogen-bond donors (Lipinski definition) is 5. The zero-order valence-corrected chi connectivity index (χ0v) is 13.8. The standard InChI is InChI=1S/C17H19N5O4/c23-6-7-26-16-12-9-18-15(8-13(12)21-22-16)20-17(25)19-14(10-24)11-4-2-1-3-5-11/h1-5,8-9,14,23-24H,6-7,10H2,(H,21,22)(H2,18,19,20,25). The maximum atomic E-state index is 12.2. The van der Waals surface area contributed by atoms with E-state index in [1.54, 1.807) is 6.07 Å². The molecule has 1 unspecified atom stereocenters. The largest absolute Gasteiger partial charge is 0.474 e. The second-order valence-corrected chi connectivity index (χ2v) is 5.46. The average molecular weight is 357 g/mol. The number of amides is 2. The molecule has 0 aliphatic heterocycles. The number of anilines is 1. The average Bonchev–Trinajstić information content (AvgIpc) is 3.07. The number of carbonyl (C=O) groups excluding carboxylic acids is 1. The van der Waals surface area contributed by atoms with E-state index in [9.17, 15) is 9.90 Å². The summed E-state index contributed by atoms with van der Waals surface area (Å²) in [6.07, 6.45) is 1.52. The van der Waals surface area contributed by atoms with Crippen LogP contribution >= 0.6 is 0 Å². The van der Waals surface area contributed by atoms with Crippen molar-refractivity contribution in [3.05, 3.63) is 48.2 Å². The van der Waals surface area contributed by atoms with Crippen molar-refractivity contribution in [2.75, 3.05) is 25.1 Å². The van der Waals surface area contributed by atoms with Gasteiger partial charge >= 0.3 is 6.03 Å². The monoisotopic (exact) mass is 357 g/mol. The van der Waals surface area contributed by atoms with Gasteiger partial charge in [-0.1, -0.05) is 30.3 Å². The number of ether oxygens (including phenoxy) is 1. The molecule has 9 heteroatoms. The van der Waals surface area contributed by atoms with Gasteiger partial charge in [-0.3, -0.25) is 10.4 Å². The van der Waals surface area contributed by atoms with Crippen LogP contribution in [0.15, 0.2) is 42.6 Å². The first-order valence-corrected chi connectivity index (χ1v) is 8.02. The van der Waals surface area contributed by atoms with Gasteiger partial charge in [-0.05, 0) is 5.56 Å². The second-order valence-electron chi connectivity index (χ2n) is 5.46. The van der Waals surface area contributed by atoms with E-state index < -0.39 is 12.1 Å². The Morgan fingerprint density at radius 2 is 2.08 bits per heavy atom. The summed E-state index contributed by atoms with van der Waals surface area (Å²) in [5, 5.41) is 31.0. The number of nitrogens with zero attached hydrogens (tertiary/aromatic N) is 2. The molecular formula is C17H19N5O4. The van der Waals surface area contributed by atoms with Gasteiger partial charge in [-0.15, -0.1) is 5.10 Å². The molecular weight excluding hydrogens is 338 g/mol.